The Morgan fingerprint density at radius 2 is 1.29 bits per heavy atom. The van der Waals surface area contributed by atoms with E-state index in [0.29, 0.717) is 39.9 Å². The minimum atomic E-state index is -1.03. The molecule has 2 fully saturated rings. The summed E-state index contributed by atoms with van der Waals surface area (Å²) in [5.41, 5.74) is 4.12. The third-order valence-corrected chi connectivity index (χ3v) is 11.4. The summed E-state index contributed by atoms with van der Waals surface area (Å²) in [6.07, 6.45) is 0. The molecule has 3 aliphatic heterocycles. The molecular weight excluding hydrogens is 641 g/mol. The van der Waals surface area contributed by atoms with Crippen molar-refractivity contribution in [2.45, 2.75) is 94.5 Å². The van der Waals surface area contributed by atoms with Crippen LogP contribution < -0.4 is 8.85 Å². The fourth-order valence-corrected chi connectivity index (χ4v) is 9.10. The normalized spacial score (nSPS) is 24.8. The van der Waals surface area contributed by atoms with E-state index in [9.17, 15) is 0 Å². The van der Waals surface area contributed by atoms with Crippen molar-refractivity contribution in [1.29, 1.82) is 0 Å². The second-order valence-electron chi connectivity index (χ2n) is 16.9. The zero-order valence-corrected chi connectivity index (χ0v) is 35.1. The van der Waals surface area contributed by atoms with Gasteiger partial charge in [-0.25, -0.2) is 4.89 Å². The van der Waals surface area contributed by atoms with Gasteiger partial charge < -0.3 is 27.2 Å². The summed E-state index contributed by atoms with van der Waals surface area (Å²) in [4.78, 5) is 11.6. The molecule has 4 aromatic rings. The van der Waals surface area contributed by atoms with Crippen LogP contribution in [0.3, 0.4) is 0 Å². The fraction of sp³-hybridized carbons (Fsp3) is 0.526. The van der Waals surface area contributed by atoms with E-state index in [4.69, 9.17) is 36.9 Å². The minimum Gasteiger partial charge on any atom is -0.553 e. The van der Waals surface area contributed by atoms with Crippen LogP contribution in [0, 0.1) is 35.5 Å². The lowest BCUT2D eigenvalue weighted by molar-refractivity contribution is -0.629. The third kappa shape index (κ3) is 4.93. The molecule has 48 heavy (non-hydrogen) atoms. The zero-order chi connectivity index (χ0) is 35.2. The number of hydrogen-bond donors (Lipinski definition) is 0. The fourth-order valence-electron chi connectivity index (χ4n) is 8.59. The van der Waals surface area contributed by atoms with Crippen molar-refractivity contribution in [2.75, 3.05) is 13.2 Å². The molecule has 3 aliphatic rings. The van der Waals surface area contributed by atoms with Crippen LogP contribution in [0.1, 0.15) is 91.9 Å². The first-order valence-corrected chi connectivity index (χ1v) is 18.4. The van der Waals surface area contributed by atoms with Gasteiger partial charge in [0, 0.05) is 38.1 Å². The van der Waals surface area contributed by atoms with Gasteiger partial charge in [-0.2, -0.15) is 4.89 Å². The van der Waals surface area contributed by atoms with Crippen LogP contribution in [0.2, 0.25) is 0 Å². The molecule has 7 rings (SSSR count). The Kier molecular flexibility index (Phi) is 8.16. The number of ether oxygens (including phenoxy) is 2. The van der Waals surface area contributed by atoms with Crippen LogP contribution >= 0.6 is 0 Å². The van der Waals surface area contributed by atoms with E-state index in [1.807, 2.05) is 37.3 Å². The molecule has 0 amide bonds. The van der Waals surface area contributed by atoms with Gasteiger partial charge in [0.05, 0.1) is 13.2 Å². The molecule has 10 heteroatoms. The summed E-state index contributed by atoms with van der Waals surface area (Å²) in [5.74, 6) is 3.20. The van der Waals surface area contributed by atoms with E-state index >= 15 is 0 Å². The van der Waals surface area contributed by atoms with E-state index in [2.05, 4.69) is 82.2 Å². The van der Waals surface area contributed by atoms with Gasteiger partial charge in [-0.1, -0.05) is 69.2 Å². The van der Waals surface area contributed by atoms with Gasteiger partial charge in [-0.15, -0.1) is 0 Å². The van der Waals surface area contributed by atoms with Crippen molar-refractivity contribution in [2.24, 2.45) is 21.7 Å². The molecule has 0 radical (unpaired) electrons. The van der Waals surface area contributed by atoms with Crippen molar-refractivity contribution in [3.05, 3.63) is 64.6 Å². The van der Waals surface area contributed by atoms with Crippen LogP contribution in [0.5, 0.6) is 11.5 Å². The summed E-state index contributed by atoms with van der Waals surface area (Å²) >= 11 is 0. The lowest BCUT2D eigenvalue weighted by atomic mass is 9.58. The molecule has 0 spiro atoms. The highest BCUT2D eigenvalue weighted by Gasteiger charge is 2.83. The standard InChI is InChI=1S/C19H26O5Si.C19H26O3Si/c1-11-13-9-12(22-25)7-8-14(13)21-15(11)18-19(24-23-18,16(2,3)4)17(5,6)10-20-18;1-11-13-9-12(22-23)7-8-14(13)21-15(11)16-17(18(2,3)4)19(5,6)10-20-16/h7-9H,10H2,1-6,25H3;7-9H,10H2,1-6,23H3. The Labute approximate surface area is 290 Å². The predicted molar refractivity (Wildman–Crippen MR) is 195 cm³/mol. The van der Waals surface area contributed by atoms with Crippen LogP contribution in [0.25, 0.3) is 27.7 Å². The second kappa shape index (κ2) is 11.2. The Hall–Kier alpha value is -3.03. The van der Waals surface area contributed by atoms with E-state index in [-0.39, 0.29) is 21.7 Å². The van der Waals surface area contributed by atoms with Crippen LogP contribution in [0.4, 0.5) is 0 Å². The molecule has 2 aromatic heterocycles. The molecule has 0 bridgehead atoms. The Balaban J connectivity index is 0.000000168. The molecule has 2 saturated heterocycles. The summed E-state index contributed by atoms with van der Waals surface area (Å²) in [5, 5.41) is 2.12. The number of aryl methyl sites for hydroxylation is 2. The smallest absolute Gasteiger partial charge is 0.294 e. The maximum Gasteiger partial charge on any atom is 0.294 e. The highest BCUT2D eigenvalue weighted by molar-refractivity contribution is 6.00. The maximum atomic E-state index is 6.27. The monoisotopic (exact) mass is 692 g/mol. The van der Waals surface area contributed by atoms with Crippen molar-refractivity contribution in [3.8, 4) is 11.5 Å². The van der Waals surface area contributed by atoms with E-state index in [1.54, 1.807) is 0 Å². The molecule has 2 atom stereocenters. The van der Waals surface area contributed by atoms with E-state index < -0.39 is 11.4 Å². The van der Waals surface area contributed by atoms with Crippen molar-refractivity contribution >= 4 is 48.7 Å². The number of hydrogen-bond acceptors (Lipinski definition) is 8. The molecule has 2 unspecified atom stereocenters. The summed E-state index contributed by atoms with van der Waals surface area (Å²) in [6.45, 7) is 27.4. The molecule has 2 aromatic carbocycles. The topological polar surface area (TPSA) is 81.7 Å². The lowest BCUT2D eigenvalue weighted by Gasteiger charge is -2.60. The average Bonchev–Trinajstić information content (AvgIpc) is 3.65. The first-order valence-electron chi connectivity index (χ1n) is 16.8. The van der Waals surface area contributed by atoms with Gasteiger partial charge in [0.25, 0.3) is 5.79 Å². The van der Waals surface area contributed by atoms with Crippen LogP contribution in [-0.4, -0.2) is 39.8 Å². The Bertz CT molecular complexity index is 1920. The van der Waals surface area contributed by atoms with Gasteiger partial charge in [0.15, 0.2) is 22.9 Å². The number of furan rings is 2. The summed E-state index contributed by atoms with van der Waals surface area (Å²) in [7, 11) is 1.33. The highest BCUT2D eigenvalue weighted by atomic mass is 28.2. The van der Waals surface area contributed by atoms with Crippen molar-refractivity contribution in [3.63, 3.8) is 0 Å². The van der Waals surface area contributed by atoms with E-state index in [0.717, 1.165) is 56.1 Å². The first-order chi connectivity index (χ1) is 22.2. The molecule has 0 saturated carbocycles. The van der Waals surface area contributed by atoms with Gasteiger partial charge in [-0.3, -0.25) is 0 Å². The SMILES string of the molecule is Cc1c(C23OCC(C)(C)C2(C(C)(C)C)OO3)oc2ccc(O[SiH3])cc12.Cc1c(C2=C(C(C)(C)C)C(C)(C)CO2)oc2ccc(O[SiH3])cc12. The molecule has 8 nitrogen and oxygen atoms in total. The second-order valence-corrected chi connectivity index (χ2v) is 17.7. The van der Waals surface area contributed by atoms with Gasteiger partial charge >= 0.3 is 0 Å². The third-order valence-electron chi connectivity index (χ3n) is 10.4. The minimum absolute atomic E-state index is 0.0162. The van der Waals surface area contributed by atoms with E-state index in [1.165, 1.54) is 5.57 Å². The summed E-state index contributed by atoms with van der Waals surface area (Å²) < 4.78 is 35.8. The van der Waals surface area contributed by atoms with Gasteiger partial charge in [0.1, 0.15) is 22.7 Å². The lowest BCUT2D eigenvalue weighted by Crippen LogP contribution is -2.73. The Morgan fingerprint density at radius 1 is 0.729 bits per heavy atom. The molecule has 0 aliphatic carbocycles. The first kappa shape index (κ1) is 34.8. The average molecular weight is 693 g/mol. The zero-order valence-electron chi connectivity index (χ0n) is 31.1. The van der Waals surface area contributed by atoms with Crippen LogP contribution in [0.15, 0.2) is 50.8 Å². The van der Waals surface area contributed by atoms with Crippen LogP contribution in [-0.2, 0) is 25.0 Å². The maximum absolute atomic E-state index is 6.27. The van der Waals surface area contributed by atoms with Crippen molar-refractivity contribution in [1.82, 2.24) is 0 Å². The van der Waals surface area contributed by atoms with Gasteiger partial charge in [-0.05, 0) is 61.2 Å². The Morgan fingerprint density at radius 3 is 1.79 bits per heavy atom. The number of rotatable bonds is 4. The molecule has 5 heterocycles. The number of fused-ring (bicyclic) bond motifs is 3. The predicted octanol–water partition coefficient (Wildman–Crippen LogP) is 7.57. The quantitative estimate of drug-likeness (QED) is 0.160. The molecular formula is C38H52O8Si2. The molecule has 0 N–H and O–H groups in total. The van der Waals surface area contributed by atoms with Gasteiger partial charge in [0.2, 0.25) is 21.0 Å². The van der Waals surface area contributed by atoms with Crippen molar-refractivity contribution < 1.29 is 36.9 Å². The largest absolute Gasteiger partial charge is 0.553 e. The summed E-state index contributed by atoms with van der Waals surface area (Å²) in [6, 6.07) is 11.9. The number of benzene rings is 2. The highest BCUT2D eigenvalue weighted by Crippen LogP contribution is 2.69. The molecule has 260 valence electrons.